The summed E-state index contributed by atoms with van der Waals surface area (Å²) in [5, 5.41) is 2.67. The number of hydrogen-bond acceptors (Lipinski definition) is 6. The largest absolute Gasteiger partial charge is 0.494 e. The topological polar surface area (TPSA) is 81.7 Å². The van der Waals surface area contributed by atoms with Crippen molar-refractivity contribution < 1.29 is 23.9 Å². The maximum Gasteiger partial charge on any atom is 0.307 e. The molecule has 144 valence electrons. The molecule has 1 heterocycles. The van der Waals surface area contributed by atoms with Gasteiger partial charge in [0.1, 0.15) is 5.75 Å². The first-order valence-electron chi connectivity index (χ1n) is 8.72. The van der Waals surface area contributed by atoms with E-state index in [-0.39, 0.29) is 18.6 Å². The Balaban J connectivity index is 1.77. The molecule has 1 aromatic heterocycles. The van der Waals surface area contributed by atoms with Crippen LogP contribution in [-0.4, -0.2) is 30.4 Å². The van der Waals surface area contributed by atoms with Crippen LogP contribution in [0.2, 0.25) is 0 Å². The first kappa shape index (κ1) is 20.6. The summed E-state index contributed by atoms with van der Waals surface area (Å²) in [6.45, 7) is 5.86. The number of carbonyl (C=O) groups is 3. The molecule has 0 saturated carbocycles. The molecule has 1 N–H and O–H groups in total. The molecular formula is C20H23NO5S. The van der Waals surface area contributed by atoms with E-state index in [4.69, 9.17) is 9.47 Å². The van der Waals surface area contributed by atoms with Gasteiger partial charge in [-0.15, -0.1) is 11.3 Å². The summed E-state index contributed by atoms with van der Waals surface area (Å²) in [7, 11) is 0. The predicted octanol–water partition coefficient (Wildman–Crippen LogP) is 3.99. The summed E-state index contributed by atoms with van der Waals surface area (Å²) in [4.78, 5) is 37.7. The molecule has 2 rings (SSSR count). The van der Waals surface area contributed by atoms with Gasteiger partial charge in [0.25, 0.3) is 5.91 Å². The smallest absolute Gasteiger partial charge is 0.307 e. The maximum atomic E-state index is 12.1. The summed E-state index contributed by atoms with van der Waals surface area (Å²) in [6, 6.07) is 10.5. The van der Waals surface area contributed by atoms with Crippen molar-refractivity contribution in [3.05, 3.63) is 46.2 Å². The van der Waals surface area contributed by atoms with Gasteiger partial charge in [0.15, 0.2) is 11.9 Å². The number of hydrogen-bond donors (Lipinski definition) is 1. The minimum absolute atomic E-state index is 0.0591. The summed E-state index contributed by atoms with van der Waals surface area (Å²) >= 11 is 1.40. The first-order chi connectivity index (χ1) is 12.9. The van der Waals surface area contributed by atoms with E-state index in [1.54, 1.807) is 30.3 Å². The van der Waals surface area contributed by atoms with E-state index in [9.17, 15) is 14.4 Å². The van der Waals surface area contributed by atoms with Gasteiger partial charge in [0.2, 0.25) is 0 Å². The molecule has 0 bridgehead atoms. The third-order valence-electron chi connectivity index (χ3n) is 3.68. The Hall–Kier alpha value is -2.67. The molecular weight excluding hydrogens is 366 g/mol. The minimum atomic E-state index is -0.955. The zero-order chi connectivity index (χ0) is 19.8. The van der Waals surface area contributed by atoms with Crippen molar-refractivity contribution in [2.75, 3.05) is 11.9 Å². The predicted molar refractivity (Wildman–Crippen MR) is 104 cm³/mol. The number of anilines is 1. The summed E-state index contributed by atoms with van der Waals surface area (Å²) < 4.78 is 10.5. The van der Waals surface area contributed by atoms with Crippen molar-refractivity contribution >= 4 is 34.7 Å². The van der Waals surface area contributed by atoms with Crippen LogP contribution in [-0.2, 0) is 14.3 Å². The zero-order valence-corrected chi connectivity index (χ0v) is 16.4. The highest BCUT2D eigenvalue weighted by Crippen LogP contribution is 2.18. The van der Waals surface area contributed by atoms with E-state index < -0.39 is 18.0 Å². The number of Topliss-reactive ketones (excluding diaryl/α,β-unsaturated/α-hetero) is 1. The fourth-order valence-electron chi connectivity index (χ4n) is 2.28. The van der Waals surface area contributed by atoms with Gasteiger partial charge in [-0.3, -0.25) is 14.4 Å². The van der Waals surface area contributed by atoms with Crippen LogP contribution in [0, 0.1) is 6.92 Å². The number of nitrogens with one attached hydrogen (secondary N) is 1. The van der Waals surface area contributed by atoms with Gasteiger partial charge < -0.3 is 14.8 Å². The minimum Gasteiger partial charge on any atom is -0.494 e. The third-order valence-corrected chi connectivity index (χ3v) is 4.72. The molecule has 1 atom stereocenters. The molecule has 0 saturated heterocycles. The van der Waals surface area contributed by atoms with E-state index in [2.05, 4.69) is 5.32 Å². The Bertz CT molecular complexity index is 797. The van der Waals surface area contributed by atoms with E-state index in [0.29, 0.717) is 22.9 Å². The fraction of sp³-hybridized carbons (Fsp3) is 0.350. The van der Waals surface area contributed by atoms with E-state index in [0.717, 1.165) is 4.88 Å². The maximum absolute atomic E-state index is 12.1. The van der Waals surface area contributed by atoms with Gasteiger partial charge in [0, 0.05) is 17.0 Å². The number of aryl methyl sites for hydroxylation is 1. The number of esters is 1. The van der Waals surface area contributed by atoms with Gasteiger partial charge in [-0.2, -0.15) is 0 Å². The highest BCUT2D eigenvalue weighted by atomic mass is 32.1. The lowest BCUT2D eigenvalue weighted by Crippen LogP contribution is -2.30. The zero-order valence-electron chi connectivity index (χ0n) is 15.6. The van der Waals surface area contributed by atoms with Gasteiger partial charge in [-0.25, -0.2) is 0 Å². The second-order valence-electron chi connectivity index (χ2n) is 5.91. The summed E-state index contributed by atoms with van der Waals surface area (Å²) in [5.41, 5.74) is 0.578. The second kappa shape index (κ2) is 9.87. The second-order valence-corrected chi connectivity index (χ2v) is 7.20. The standard InChI is InChI=1S/C20H23NO5S/c1-4-25-16-8-6-15(7-9-16)21-20(24)14(3)26-19(23)12-10-17(22)18-11-5-13(2)27-18/h5-9,11,14H,4,10,12H2,1-3H3,(H,21,24)/t14-/m0/s1. The molecule has 0 spiro atoms. The van der Waals surface area contributed by atoms with E-state index in [1.807, 2.05) is 19.9 Å². The molecule has 0 aliphatic rings. The van der Waals surface area contributed by atoms with Crippen molar-refractivity contribution in [3.63, 3.8) is 0 Å². The Morgan fingerprint density at radius 3 is 2.37 bits per heavy atom. The van der Waals surface area contributed by atoms with Gasteiger partial charge in [0.05, 0.1) is 17.9 Å². The summed E-state index contributed by atoms with van der Waals surface area (Å²) in [6.07, 6.45) is -0.953. The van der Waals surface area contributed by atoms with Crippen LogP contribution in [0.25, 0.3) is 0 Å². The number of benzene rings is 1. The van der Waals surface area contributed by atoms with Crippen molar-refractivity contribution in [2.45, 2.75) is 39.7 Å². The average molecular weight is 389 g/mol. The van der Waals surface area contributed by atoms with Gasteiger partial charge >= 0.3 is 5.97 Å². The lowest BCUT2D eigenvalue weighted by atomic mass is 10.2. The molecule has 1 amide bonds. The lowest BCUT2D eigenvalue weighted by molar-refractivity contribution is -0.153. The number of carbonyl (C=O) groups excluding carboxylic acids is 3. The Kier molecular flexibility index (Phi) is 7.55. The Labute approximate surface area is 162 Å². The quantitative estimate of drug-likeness (QED) is 0.518. The summed E-state index contributed by atoms with van der Waals surface area (Å²) in [5.74, 6) is -0.407. The molecule has 6 nitrogen and oxygen atoms in total. The molecule has 7 heteroatoms. The monoisotopic (exact) mass is 389 g/mol. The van der Waals surface area contributed by atoms with Crippen molar-refractivity contribution in [2.24, 2.45) is 0 Å². The van der Waals surface area contributed by atoms with Crippen LogP contribution in [0.1, 0.15) is 41.2 Å². The van der Waals surface area contributed by atoms with E-state index in [1.165, 1.54) is 18.3 Å². The molecule has 27 heavy (non-hydrogen) atoms. The highest BCUT2D eigenvalue weighted by Gasteiger charge is 2.19. The number of ether oxygens (including phenoxy) is 2. The number of amides is 1. The molecule has 0 aliphatic carbocycles. The molecule has 0 unspecified atom stereocenters. The van der Waals surface area contributed by atoms with E-state index >= 15 is 0 Å². The van der Waals surface area contributed by atoms with Crippen LogP contribution < -0.4 is 10.1 Å². The van der Waals surface area contributed by atoms with Gasteiger partial charge in [-0.1, -0.05) is 0 Å². The SMILES string of the molecule is CCOc1ccc(NC(=O)[C@H](C)OC(=O)CCC(=O)c2ccc(C)s2)cc1. The Morgan fingerprint density at radius 1 is 1.07 bits per heavy atom. The van der Waals surface area contributed by atoms with Gasteiger partial charge in [-0.05, 0) is 57.2 Å². The lowest BCUT2D eigenvalue weighted by Gasteiger charge is -2.13. The molecule has 0 radical (unpaired) electrons. The normalized spacial score (nSPS) is 11.5. The molecule has 0 aliphatic heterocycles. The number of ketones is 1. The first-order valence-corrected chi connectivity index (χ1v) is 9.53. The Morgan fingerprint density at radius 2 is 1.78 bits per heavy atom. The molecule has 1 aromatic carbocycles. The van der Waals surface area contributed by atoms with Crippen molar-refractivity contribution in [3.8, 4) is 5.75 Å². The van der Waals surface area contributed by atoms with Crippen molar-refractivity contribution in [1.29, 1.82) is 0 Å². The fourth-order valence-corrected chi connectivity index (χ4v) is 3.11. The highest BCUT2D eigenvalue weighted by molar-refractivity contribution is 7.14. The number of thiophene rings is 1. The van der Waals surface area contributed by atoms with Crippen LogP contribution in [0.5, 0.6) is 5.75 Å². The van der Waals surface area contributed by atoms with Crippen molar-refractivity contribution in [1.82, 2.24) is 0 Å². The average Bonchev–Trinajstić information content (AvgIpc) is 3.08. The third kappa shape index (κ3) is 6.53. The van der Waals surface area contributed by atoms with Crippen LogP contribution in [0.15, 0.2) is 36.4 Å². The van der Waals surface area contributed by atoms with Crippen LogP contribution in [0.4, 0.5) is 5.69 Å². The van der Waals surface area contributed by atoms with Crippen LogP contribution >= 0.6 is 11.3 Å². The number of rotatable bonds is 9. The molecule has 2 aromatic rings. The molecule has 0 fully saturated rings. The van der Waals surface area contributed by atoms with Crippen LogP contribution in [0.3, 0.4) is 0 Å².